The Morgan fingerprint density at radius 1 is 0.712 bits per heavy atom. The number of methoxy groups -OCH3 is 1. The third-order valence-electron chi connectivity index (χ3n) is 13.7. The van der Waals surface area contributed by atoms with E-state index >= 15 is 8.78 Å². The molecule has 3 aliphatic rings. The lowest BCUT2D eigenvalue weighted by Crippen LogP contribution is -2.51. The number of ether oxygens (including phenoxy) is 1. The fraction of sp³-hybridized carbons (Fsp3) is 0.510. The maximum absolute atomic E-state index is 16.4. The number of amides is 4. The van der Waals surface area contributed by atoms with E-state index in [1.54, 1.807) is 23.6 Å². The van der Waals surface area contributed by atoms with Crippen LogP contribution in [0.5, 0.6) is 0 Å². The van der Waals surface area contributed by atoms with Crippen LogP contribution in [0.3, 0.4) is 0 Å². The van der Waals surface area contributed by atoms with Gasteiger partial charge in [0.25, 0.3) is 0 Å². The summed E-state index contributed by atoms with van der Waals surface area (Å²) in [7, 11) is 1.25. The van der Waals surface area contributed by atoms with Gasteiger partial charge in [-0.3, -0.25) is 9.59 Å². The van der Waals surface area contributed by atoms with Crippen LogP contribution < -0.4 is 15.5 Å². The monoisotopic (exact) mass is 909 g/mol. The molecule has 3 aliphatic heterocycles. The van der Waals surface area contributed by atoms with Crippen LogP contribution in [0.2, 0.25) is 0 Å². The third kappa shape index (κ3) is 8.87. The molecular formula is C49H61F2N9O6. The van der Waals surface area contributed by atoms with Gasteiger partial charge in [0.1, 0.15) is 34.8 Å². The van der Waals surface area contributed by atoms with Gasteiger partial charge in [-0.15, -0.1) is 0 Å². The minimum Gasteiger partial charge on any atom is -0.465 e. The number of hydrogen-bond acceptors (Lipinski definition) is 8. The molecule has 66 heavy (non-hydrogen) atoms. The van der Waals surface area contributed by atoms with Crippen molar-refractivity contribution < 1.29 is 37.8 Å². The summed E-state index contributed by atoms with van der Waals surface area (Å²) >= 11 is 0. The summed E-state index contributed by atoms with van der Waals surface area (Å²) in [6.07, 6.45) is 1.88. The zero-order valence-electron chi connectivity index (χ0n) is 38.9. The number of aromatic amines is 2. The first-order valence-electron chi connectivity index (χ1n) is 23.1. The van der Waals surface area contributed by atoms with Gasteiger partial charge in [0.15, 0.2) is 11.6 Å². The number of fused-ring (bicyclic) bond motifs is 2. The van der Waals surface area contributed by atoms with Gasteiger partial charge in [0, 0.05) is 18.8 Å². The molecule has 352 valence electrons. The zero-order chi connectivity index (χ0) is 47.4. The lowest BCUT2D eigenvalue weighted by atomic mass is 9.87. The first-order chi connectivity index (χ1) is 31.3. The first kappa shape index (κ1) is 46.3. The molecule has 0 aliphatic carbocycles. The van der Waals surface area contributed by atoms with Gasteiger partial charge < -0.3 is 45.1 Å². The number of hydrogen-bond donors (Lipinski definition) is 5. The average Bonchev–Trinajstić information content (AvgIpc) is 4.12. The number of nitrogens with zero attached hydrogens (tertiary/aromatic N) is 5. The predicted molar refractivity (Wildman–Crippen MR) is 246 cm³/mol. The normalized spacial score (nSPS) is 21.1. The van der Waals surface area contributed by atoms with Gasteiger partial charge in [-0.25, -0.2) is 28.3 Å². The number of carbonyl (C=O) groups is 4. The molecular weight excluding hydrogens is 849 g/mol. The highest BCUT2D eigenvalue weighted by molar-refractivity contribution is 5.87. The highest BCUT2D eigenvalue weighted by Crippen LogP contribution is 2.49. The number of likely N-dealkylation sites (tertiary alicyclic amines) is 2. The summed E-state index contributed by atoms with van der Waals surface area (Å²) in [4.78, 5) is 72.9. The number of H-pyrrole nitrogens is 2. The molecule has 0 spiro atoms. The van der Waals surface area contributed by atoms with E-state index in [4.69, 9.17) is 9.72 Å². The molecule has 3 fully saturated rings. The van der Waals surface area contributed by atoms with E-state index in [1.165, 1.54) is 19.2 Å². The van der Waals surface area contributed by atoms with Crippen LogP contribution in [0.15, 0.2) is 48.5 Å². The highest BCUT2D eigenvalue weighted by Gasteiger charge is 2.41. The third-order valence-corrected chi connectivity index (χ3v) is 13.7. The molecule has 0 saturated carbocycles. The molecule has 15 nitrogen and oxygen atoms in total. The van der Waals surface area contributed by atoms with Crippen molar-refractivity contribution in [2.75, 3.05) is 25.1 Å². The largest absolute Gasteiger partial charge is 0.465 e. The number of nitrogens with one attached hydrogen (secondary N) is 4. The summed E-state index contributed by atoms with van der Waals surface area (Å²) in [5, 5.41) is 14.5. The molecule has 0 radical (unpaired) electrons. The second-order valence-corrected chi connectivity index (χ2v) is 19.8. The van der Waals surface area contributed by atoms with Crippen molar-refractivity contribution in [3.05, 3.63) is 88.5 Å². The molecule has 17 heteroatoms. The smallest absolute Gasteiger partial charge is 0.407 e. The predicted octanol–water partition coefficient (Wildman–Crippen LogP) is 9.10. The maximum atomic E-state index is 16.4. The Bertz CT molecular complexity index is 2640. The average molecular weight is 910 g/mol. The molecule has 3 aromatic carbocycles. The number of carbonyl (C=O) groups excluding carboxylic acids is 3. The molecule has 2 unspecified atom stereocenters. The van der Waals surface area contributed by atoms with E-state index in [9.17, 15) is 24.3 Å². The number of alkyl carbamates (subject to hydrolysis) is 1. The Hall–Kier alpha value is -6.26. The molecule has 3 saturated heterocycles. The molecule has 2 aromatic heterocycles. The van der Waals surface area contributed by atoms with E-state index < -0.39 is 48.0 Å². The van der Waals surface area contributed by atoms with Gasteiger partial charge in [-0.2, -0.15) is 0 Å². The van der Waals surface area contributed by atoms with Gasteiger partial charge in [0.2, 0.25) is 11.8 Å². The summed E-state index contributed by atoms with van der Waals surface area (Å²) in [5.74, 6) is -1.21. The number of anilines is 1. The van der Waals surface area contributed by atoms with Crippen LogP contribution in [0.4, 0.5) is 24.1 Å². The summed E-state index contributed by atoms with van der Waals surface area (Å²) in [6, 6.07) is 11.9. The Balaban J connectivity index is 1.13. The lowest BCUT2D eigenvalue weighted by molar-refractivity contribution is -0.136. The SMILES string of the molecule is COC(=O)N[C@H](C(=O)N1CCC[C@H]1c1nc2c(F)cc(C3CCC(c4cc(F)c5nc([C@@H]6CCCN6C(=O)[C@@H](NC(=O)O)C(C)C)[nH]c5c4)N3c3ccc(C(C)(C)C)cc3)cc2[nH]1)C(C)C. The number of benzene rings is 3. The van der Waals surface area contributed by atoms with Crippen molar-refractivity contribution in [2.24, 2.45) is 11.8 Å². The van der Waals surface area contributed by atoms with Crippen molar-refractivity contribution in [3.63, 3.8) is 0 Å². The van der Waals surface area contributed by atoms with E-state index in [0.29, 0.717) is 85.4 Å². The molecule has 5 aromatic rings. The Morgan fingerprint density at radius 2 is 1.17 bits per heavy atom. The van der Waals surface area contributed by atoms with Crippen molar-refractivity contribution in [1.82, 2.24) is 40.4 Å². The number of carboxylic acid groups (broad SMARTS) is 1. The van der Waals surface area contributed by atoms with E-state index in [2.05, 4.69) is 75.5 Å². The van der Waals surface area contributed by atoms with Crippen molar-refractivity contribution in [3.8, 4) is 0 Å². The van der Waals surface area contributed by atoms with Crippen molar-refractivity contribution in [2.45, 2.75) is 129 Å². The molecule has 5 N–H and O–H groups in total. The lowest BCUT2D eigenvalue weighted by Gasteiger charge is -2.34. The molecule has 8 rings (SSSR count). The number of rotatable bonds is 11. The minimum atomic E-state index is -1.28. The Kier molecular flexibility index (Phi) is 12.8. The molecule has 0 bridgehead atoms. The van der Waals surface area contributed by atoms with Gasteiger partial charge in [-0.1, -0.05) is 60.6 Å². The number of imidazole rings is 2. The van der Waals surface area contributed by atoms with E-state index in [-0.39, 0.29) is 52.2 Å². The number of halogens is 2. The summed E-state index contributed by atoms with van der Waals surface area (Å²) < 4.78 is 37.6. The van der Waals surface area contributed by atoms with Crippen LogP contribution in [-0.2, 0) is 19.7 Å². The second kappa shape index (κ2) is 18.2. The van der Waals surface area contributed by atoms with Crippen LogP contribution in [0.1, 0.15) is 139 Å². The molecule has 4 amide bonds. The van der Waals surface area contributed by atoms with Gasteiger partial charge >= 0.3 is 12.2 Å². The summed E-state index contributed by atoms with van der Waals surface area (Å²) in [6.45, 7) is 14.6. The minimum absolute atomic E-state index is 0.101. The molecule has 6 atom stereocenters. The highest BCUT2D eigenvalue weighted by atomic mass is 19.1. The van der Waals surface area contributed by atoms with Crippen LogP contribution >= 0.6 is 0 Å². The zero-order valence-corrected chi connectivity index (χ0v) is 38.9. The Labute approximate surface area is 383 Å². The van der Waals surface area contributed by atoms with E-state index in [1.807, 2.05) is 26.0 Å². The topological polar surface area (TPSA) is 189 Å². The fourth-order valence-corrected chi connectivity index (χ4v) is 10.2. The van der Waals surface area contributed by atoms with Crippen molar-refractivity contribution >= 4 is 51.8 Å². The maximum Gasteiger partial charge on any atom is 0.407 e. The fourth-order valence-electron chi connectivity index (χ4n) is 10.2. The molecule has 5 heterocycles. The van der Waals surface area contributed by atoms with Crippen LogP contribution in [0.25, 0.3) is 22.1 Å². The standard InChI is InChI=1S/C49H61F2N9O6/c1-25(2)39(56-47(63)64)45(61)58-19-9-11-37(58)43-52-33-23-27(21-31(50)41(33)54-43)35-17-18-36(60(35)30-15-13-29(14-16-30)49(5,6)7)28-22-32(51)42-34(24-28)53-44(55-42)38-12-10-20-59(38)46(62)40(26(3)4)57-48(65)66-8/h13-16,21-26,35-40,56H,9-12,17-20H2,1-8H3,(H,52,54)(H,53,55)(H,57,65)(H,63,64)/t35?,36?,37-,38-,39-,40-/m0/s1. The summed E-state index contributed by atoms with van der Waals surface area (Å²) in [5.41, 5.74) is 4.65. The quantitative estimate of drug-likeness (QED) is 0.0861. The number of aromatic nitrogens is 4. The van der Waals surface area contributed by atoms with Gasteiger partial charge in [0.05, 0.1) is 42.3 Å². The van der Waals surface area contributed by atoms with Crippen LogP contribution in [-0.4, -0.2) is 91.1 Å². The Morgan fingerprint density at radius 3 is 1.58 bits per heavy atom. The second-order valence-electron chi connectivity index (χ2n) is 19.8. The van der Waals surface area contributed by atoms with E-state index in [0.717, 1.165) is 11.3 Å². The van der Waals surface area contributed by atoms with Gasteiger partial charge in [-0.05, 0) is 109 Å². The van der Waals surface area contributed by atoms with Crippen LogP contribution in [0, 0.1) is 23.5 Å². The van der Waals surface area contributed by atoms with Crippen molar-refractivity contribution in [1.29, 1.82) is 0 Å². The first-order valence-corrected chi connectivity index (χ1v) is 23.1.